The summed E-state index contributed by atoms with van der Waals surface area (Å²) in [5, 5.41) is 2.85. The van der Waals surface area contributed by atoms with Crippen LogP contribution in [0.3, 0.4) is 0 Å². The highest BCUT2D eigenvalue weighted by Crippen LogP contribution is 1.99. The highest BCUT2D eigenvalue weighted by molar-refractivity contribution is 5.76. The molecule has 1 amide bonds. The number of amides is 1. The van der Waals surface area contributed by atoms with Crippen molar-refractivity contribution in [1.82, 2.24) is 9.88 Å². The van der Waals surface area contributed by atoms with Gasteiger partial charge < -0.3 is 20.4 Å². The molecule has 106 valence electrons. The molecule has 0 spiro atoms. The van der Waals surface area contributed by atoms with Crippen molar-refractivity contribution in [3.05, 3.63) is 28.7 Å². The number of nitrogens with two attached hydrogens (primary N) is 1. The summed E-state index contributed by atoms with van der Waals surface area (Å²) in [6.07, 6.45) is 3.25. The topological polar surface area (TPSA) is 86.3 Å². The minimum absolute atomic E-state index is 0.0285. The summed E-state index contributed by atoms with van der Waals surface area (Å²) in [5.41, 5.74) is 5.79. The molecule has 0 fully saturated rings. The Balaban J connectivity index is 2.63. The quantitative estimate of drug-likeness (QED) is 0.747. The normalized spacial score (nSPS) is 12.1. The van der Waals surface area contributed by atoms with Gasteiger partial charge in [0.05, 0.1) is 12.6 Å². The molecule has 0 aliphatic heterocycles. The number of pyridine rings is 1. The first-order chi connectivity index (χ1) is 9.06. The maximum atomic E-state index is 11.9. The predicted molar refractivity (Wildman–Crippen MR) is 73.8 cm³/mol. The number of ether oxygens (including phenoxy) is 1. The lowest BCUT2D eigenvalue weighted by atomic mass is 10.2. The highest BCUT2D eigenvalue weighted by Gasteiger charge is 2.12. The van der Waals surface area contributed by atoms with Crippen molar-refractivity contribution < 1.29 is 9.53 Å². The molecular formula is C13H21N3O3. The van der Waals surface area contributed by atoms with Gasteiger partial charge in [0, 0.05) is 25.1 Å². The first-order valence-electron chi connectivity index (χ1n) is 6.31. The molecule has 0 aliphatic rings. The van der Waals surface area contributed by atoms with Gasteiger partial charge in [-0.05, 0) is 12.5 Å². The molecule has 1 atom stereocenters. The lowest BCUT2D eigenvalue weighted by molar-refractivity contribution is -0.122. The molecule has 6 nitrogen and oxygen atoms in total. The van der Waals surface area contributed by atoms with E-state index in [2.05, 4.69) is 5.32 Å². The van der Waals surface area contributed by atoms with E-state index in [1.165, 1.54) is 22.9 Å². The smallest absolute Gasteiger partial charge is 0.251 e. The van der Waals surface area contributed by atoms with E-state index in [4.69, 9.17) is 10.5 Å². The van der Waals surface area contributed by atoms with E-state index in [1.54, 1.807) is 7.11 Å². The van der Waals surface area contributed by atoms with Crippen molar-refractivity contribution in [2.45, 2.75) is 32.4 Å². The number of hydrogen-bond donors (Lipinski definition) is 2. The zero-order valence-corrected chi connectivity index (χ0v) is 11.4. The molecule has 0 saturated heterocycles. The van der Waals surface area contributed by atoms with Crippen molar-refractivity contribution in [1.29, 1.82) is 0 Å². The van der Waals surface area contributed by atoms with Crippen molar-refractivity contribution in [2.75, 3.05) is 19.5 Å². The number of nitrogens with zero attached hydrogens (tertiary/aromatic N) is 1. The Labute approximate surface area is 112 Å². The van der Waals surface area contributed by atoms with Gasteiger partial charge in [-0.15, -0.1) is 0 Å². The number of nitrogens with one attached hydrogen (secondary N) is 1. The predicted octanol–water partition coefficient (Wildman–Crippen LogP) is 0.362. The standard InChI is InChI=1S/C13H21N3O3/c1-3-4-11(9-19-2)15-12(17)8-16-7-10(14)5-6-13(16)18/h5-7,11H,3-4,8-9,14H2,1-2H3,(H,15,17). The molecule has 0 bridgehead atoms. The van der Waals surface area contributed by atoms with E-state index in [9.17, 15) is 9.59 Å². The lowest BCUT2D eigenvalue weighted by Crippen LogP contribution is -2.41. The number of carbonyl (C=O) groups is 1. The first-order valence-corrected chi connectivity index (χ1v) is 6.31. The molecule has 1 aromatic rings. The zero-order valence-electron chi connectivity index (χ0n) is 11.4. The van der Waals surface area contributed by atoms with E-state index < -0.39 is 0 Å². The largest absolute Gasteiger partial charge is 0.398 e. The molecule has 3 N–H and O–H groups in total. The summed E-state index contributed by atoms with van der Waals surface area (Å²) in [6.45, 7) is 2.47. The number of nitrogen functional groups attached to an aromatic ring is 1. The monoisotopic (exact) mass is 267 g/mol. The van der Waals surface area contributed by atoms with Gasteiger partial charge in [0.15, 0.2) is 0 Å². The third-order valence-electron chi connectivity index (χ3n) is 2.69. The lowest BCUT2D eigenvalue weighted by Gasteiger charge is -2.17. The minimum Gasteiger partial charge on any atom is -0.398 e. The fourth-order valence-corrected chi connectivity index (χ4v) is 1.85. The van der Waals surface area contributed by atoms with Crippen LogP contribution < -0.4 is 16.6 Å². The van der Waals surface area contributed by atoms with Crippen LogP contribution in [0, 0.1) is 0 Å². The van der Waals surface area contributed by atoms with Crippen LogP contribution in [0.2, 0.25) is 0 Å². The van der Waals surface area contributed by atoms with Gasteiger partial charge >= 0.3 is 0 Å². The zero-order chi connectivity index (χ0) is 14.3. The van der Waals surface area contributed by atoms with Crippen molar-refractivity contribution in [3.8, 4) is 0 Å². The molecule has 6 heteroatoms. The summed E-state index contributed by atoms with van der Waals surface area (Å²) in [7, 11) is 1.59. The Hall–Kier alpha value is -1.82. The Morgan fingerprint density at radius 3 is 2.89 bits per heavy atom. The summed E-state index contributed by atoms with van der Waals surface area (Å²) in [4.78, 5) is 23.4. The number of carbonyl (C=O) groups excluding carboxylic acids is 1. The number of methoxy groups -OCH3 is 1. The Bertz CT molecular complexity index is 464. The second kappa shape index (κ2) is 7.58. The molecule has 0 aromatic carbocycles. The molecule has 19 heavy (non-hydrogen) atoms. The summed E-state index contributed by atoms with van der Waals surface area (Å²) >= 11 is 0. The van der Waals surface area contributed by atoms with Gasteiger partial charge in [-0.2, -0.15) is 0 Å². The maximum Gasteiger partial charge on any atom is 0.251 e. The number of aromatic nitrogens is 1. The van der Waals surface area contributed by atoms with Gasteiger partial charge in [-0.1, -0.05) is 13.3 Å². The van der Waals surface area contributed by atoms with Crippen LogP contribution in [0.5, 0.6) is 0 Å². The van der Waals surface area contributed by atoms with Gasteiger partial charge in [-0.25, -0.2) is 0 Å². The fourth-order valence-electron chi connectivity index (χ4n) is 1.85. The summed E-state index contributed by atoms with van der Waals surface area (Å²) in [5.74, 6) is -0.219. The average Bonchev–Trinajstić information content (AvgIpc) is 2.34. The number of hydrogen-bond acceptors (Lipinski definition) is 4. The SMILES string of the molecule is CCCC(COC)NC(=O)Cn1cc(N)ccc1=O. The Morgan fingerprint density at radius 2 is 2.26 bits per heavy atom. The van der Waals surface area contributed by atoms with E-state index in [1.807, 2.05) is 6.92 Å². The van der Waals surface area contributed by atoms with Crippen LogP contribution in [0.4, 0.5) is 5.69 Å². The van der Waals surface area contributed by atoms with Crippen molar-refractivity contribution in [3.63, 3.8) is 0 Å². The summed E-state index contributed by atoms with van der Waals surface area (Å²) < 4.78 is 6.34. The molecule has 0 radical (unpaired) electrons. The van der Waals surface area contributed by atoms with E-state index in [0.717, 1.165) is 12.8 Å². The molecular weight excluding hydrogens is 246 g/mol. The van der Waals surface area contributed by atoms with Crippen molar-refractivity contribution >= 4 is 11.6 Å². The minimum atomic E-state index is -0.247. The van der Waals surface area contributed by atoms with E-state index in [-0.39, 0.29) is 24.1 Å². The molecule has 1 aromatic heterocycles. The van der Waals surface area contributed by atoms with Gasteiger partial charge in [0.25, 0.3) is 5.56 Å². The average molecular weight is 267 g/mol. The van der Waals surface area contributed by atoms with Gasteiger partial charge in [0.2, 0.25) is 5.91 Å². The number of rotatable bonds is 7. The van der Waals surface area contributed by atoms with Crippen LogP contribution in [0.15, 0.2) is 23.1 Å². The fraction of sp³-hybridized carbons (Fsp3) is 0.538. The van der Waals surface area contributed by atoms with E-state index >= 15 is 0 Å². The van der Waals surface area contributed by atoms with Crippen LogP contribution in [-0.2, 0) is 16.1 Å². The molecule has 0 aliphatic carbocycles. The van der Waals surface area contributed by atoms with E-state index in [0.29, 0.717) is 12.3 Å². The molecule has 1 rings (SSSR count). The Kier molecular flexibility index (Phi) is 6.08. The van der Waals surface area contributed by atoms with Crippen LogP contribution in [0.25, 0.3) is 0 Å². The molecule has 1 heterocycles. The van der Waals surface area contributed by atoms with Crippen LogP contribution >= 0.6 is 0 Å². The second-order valence-electron chi connectivity index (χ2n) is 4.44. The van der Waals surface area contributed by atoms with Crippen molar-refractivity contribution in [2.24, 2.45) is 0 Å². The van der Waals surface area contributed by atoms with Crippen LogP contribution in [-0.4, -0.2) is 30.2 Å². The molecule has 1 unspecified atom stereocenters. The van der Waals surface area contributed by atoms with Gasteiger partial charge in [0.1, 0.15) is 6.54 Å². The molecule has 0 saturated carbocycles. The Morgan fingerprint density at radius 1 is 1.53 bits per heavy atom. The summed E-state index contributed by atoms with van der Waals surface area (Å²) in [6, 6.07) is 2.84. The van der Waals surface area contributed by atoms with Gasteiger partial charge in [-0.3, -0.25) is 9.59 Å². The number of anilines is 1. The van der Waals surface area contributed by atoms with Crippen LogP contribution in [0.1, 0.15) is 19.8 Å². The first kappa shape index (κ1) is 15.2. The third-order valence-corrected chi connectivity index (χ3v) is 2.69. The maximum absolute atomic E-state index is 11.9. The highest BCUT2D eigenvalue weighted by atomic mass is 16.5. The third kappa shape index (κ3) is 5.13. The second-order valence-corrected chi connectivity index (χ2v) is 4.44.